The van der Waals surface area contributed by atoms with Crippen molar-refractivity contribution in [3.63, 3.8) is 0 Å². The van der Waals surface area contributed by atoms with Crippen LogP contribution in [-0.2, 0) is 10.0 Å². The summed E-state index contributed by atoms with van der Waals surface area (Å²) in [5.74, 6) is 0. The number of sulfonamides is 1. The number of nitrogens with zero attached hydrogens (tertiary/aromatic N) is 1. The van der Waals surface area contributed by atoms with Crippen LogP contribution in [0, 0.1) is 0 Å². The normalized spacial score (nSPS) is 36.8. The molecular weight excluding hydrogens is 194 g/mol. The number of β-amino-alcohol motifs (C(OH)–C–C–N with tert-alkyl or cyclic N) is 2. The van der Waals surface area contributed by atoms with E-state index in [2.05, 4.69) is 0 Å². The Morgan fingerprint density at radius 2 is 1.54 bits per heavy atom. The highest BCUT2D eigenvalue weighted by molar-refractivity contribution is 7.90. The van der Waals surface area contributed by atoms with E-state index in [1.165, 1.54) is 4.31 Å². The lowest BCUT2D eigenvalue weighted by Crippen LogP contribution is -2.32. The first-order chi connectivity index (χ1) is 6.01. The zero-order valence-corrected chi connectivity index (χ0v) is 7.94. The van der Waals surface area contributed by atoms with Gasteiger partial charge in [0.2, 0.25) is 10.0 Å². The van der Waals surface area contributed by atoms with Crippen LogP contribution >= 0.6 is 0 Å². The second kappa shape index (κ2) is 2.91. The summed E-state index contributed by atoms with van der Waals surface area (Å²) >= 11 is 0. The van der Waals surface area contributed by atoms with E-state index in [1.54, 1.807) is 0 Å². The molecule has 0 radical (unpaired) electrons. The van der Waals surface area contributed by atoms with Crippen molar-refractivity contribution in [2.24, 2.45) is 0 Å². The predicted molar refractivity (Wildman–Crippen MR) is 45.5 cm³/mol. The summed E-state index contributed by atoms with van der Waals surface area (Å²) in [6, 6.07) is 0. The van der Waals surface area contributed by atoms with Crippen molar-refractivity contribution < 1.29 is 18.6 Å². The number of hydrogen-bond donors (Lipinski definition) is 2. The van der Waals surface area contributed by atoms with Gasteiger partial charge >= 0.3 is 0 Å². The quantitative estimate of drug-likeness (QED) is 0.578. The molecule has 1 heterocycles. The lowest BCUT2D eigenvalue weighted by atomic mass is 10.3. The van der Waals surface area contributed by atoms with Gasteiger partial charge in [-0.1, -0.05) is 0 Å². The fourth-order valence-corrected chi connectivity index (χ4v) is 3.39. The number of rotatable bonds is 2. The Morgan fingerprint density at radius 3 is 1.92 bits per heavy atom. The summed E-state index contributed by atoms with van der Waals surface area (Å²) in [4.78, 5) is 0. The Balaban J connectivity index is 2.10. The summed E-state index contributed by atoms with van der Waals surface area (Å²) in [6.45, 7) is 0.0833. The van der Waals surface area contributed by atoms with Crippen LogP contribution < -0.4 is 0 Å². The van der Waals surface area contributed by atoms with Gasteiger partial charge in [-0.3, -0.25) is 0 Å². The Morgan fingerprint density at radius 1 is 1.08 bits per heavy atom. The van der Waals surface area contributed by atoms with E-state index in [0.717, 1.165) is 0 Å². The van der Waals surface area contributed by atoms with Crippen molar-refractivity contribution in [3.8, 4) is 0 Å². The molecule has 6 heteroatoms. The van der Waals surface area contributed by atoms with E-state index < -0.39 is 22.2 Å². The molecule has 2 fully saturated rings. The number of hydrogen-bond acceptors (Lipinski definition) is 4. The average Bonchev–Trinajstić information content (AvgIpc) is 2.81. The van der Waals surface area contributed by atoms with Crippen LogP contribution in [-0.4, -0.2) is 53.5 Å². The molecule has 0 aromatic heterocycles. The molecule has 0 spiro atoms. The third-order valence-corrected chi connectivity index (χ3v) is 4.86. The maximum absolute atomic E-state index is 11.6. The van der Waals surface area contributed by atoms with Crippen LogP contribution in [0.5, 0.6) is 0 Å². The maximum atomic E-state index is 11.6. The molecule has 0 aromatic rings. The van der Waals surface area contributed by atoms with Gasteiger partial charge in [0.25, 0.3) is 0 Å². The van der Waals surface area contributed by atoms with Crippen LogP contribution in [0.25, 0.3) is 0 Å². The van der Waals surface area contributed by atoms with Crippen LogP contribution in [0.3, 0.4) is 0 Å². The molecule has 0 bridgehead atoms. The molecule has 1 saturated heterocycles. The molecule has 2 atom stereocenters. The summed E-state index contributed by atoms with van der Waals surface area (Å²) in [5.41, 5.74) is 0. The second-order valence-electron chi connectivity index (χ2n) is 3.70. The van der Waals surface area contributed by atoms with Gasteiger partial charge in [0, 0.05) is 13.1 Å². The highest BCUT2D eigenvalue weighted by atomic mass is 32.2. The molecule has 0 aromatic carbocycles. The molecule has 0 unspecified atom stereocenters. The van der Waals surface area contributed by atoms with Crippen LogP contribution in [0.2, 0.25) is 0 Å². The minimum absolute atomic E-state index is 0.0417. The Kier molecular flexibility index (Phi) is 2.10. The first kappa shape index (κ1) is 9.39. The highest BCUT2D eigenvalue weighted by Crippen LogP contribution is 2.32. The molecule has 2 rings (SSSR count). The molecule has 0 amide bonds. The minimum atomic E-state index is -3.22. The molecule has 2 aliphatic rings. The van der Waals surface area contributed by atoms with Crippen molar-refractivity contribution in [1.29, 1.82) is 0 Å². The predicted octanol–water partition coefficient (Wildman–Crippen LogP) is -1.48. The largest absolute Gasteiger partial charge is 0.389 e. The van der Waals surface area contributed by atoms with Crippen LogP contribution in [0.15, 0.2) is 0 Å². The first-order valence-electron chi connectivity index (χ1n) is 4.37. The van der Waals surface area contributed by atoms with Crippen molar-refractivity contribution in [1.82, 2.24) is 4.31 Å². The molecule has 1 aliphatic carbocycles. The van der Waals surface area contributed by atoms with Gasteiger partial charge in [0.15, 0.2) is 0 Å². The Bertz CT molecular complexity index is 288. The van der Waals surface area contributed by atoms with E-state index in [0.29, 0.717) is 12.8 Å². The van der Waals surface area contributed by atoms with Gasteiger partial charge in [-0.25, -0.2) is 8.42 Å². The zero-order valence-electron chi connectivity index (χ0n) is 7.13. The third-order valence-electron chi connectivity index (χ3n) is 2.53. The van der Waals surface area contributed by atoms with Crippen molar-refractivity contribution in [2.75, 3.05) is 13.1 Å². The van der Waals surface area contributed by atoms with Crippen LogP contribution in [0.1, 0.15) is 12.8 Å². The zero-order chi connectivity index (χ0) is 9.64. The smallest absolute Gasteiger partial charge is 0.217 e. The fraction of sp³-hybridized carbons (Fsp3) is 1.00. The Labute approximate surface area is 77.0 Å². The molecule has 5 nitrogen and oxygen atoms in total. The van der Waals surface area contributed by atoms with Gasteiger partial charge in [0.05, 0.1) is 17.5 Å². The lowest BCUT2D eigenvalue weighted by Gasteiger charge is -2.14. The van der Waals surface area contributed by atoms with Crippen molar-refractivity contribution in [3.05, 3.63) is 0 Å². The van der Waals surface area contributed by atoms with Gasteiger partial charge in [-0.15, -0.1) is 0 Å². The summed E-state index contributed by atoms with van der Waals surface area (Å²) in [6.07, 6.45) is -0.419. The molecule has 76 valence electrons. The summed E-state index contributed by atoms with van der Waals surface area (Å²) in [5, 5.41) is 18.1. The number of aliphatic hydroxyl groups is 2. The first-order valence-corrected chi connectivity index (χ1v) is 5.87. The van der Waals surface area contributed by atoms with E-state index >= 15 is 0 Å². The molecule has 1 aliphatic heterocycles. The van der Waals surface area contributed by atoms with E-state index in [4.69, 9.17) is 0 Å². The standard InChI is InChI=1S/C7H13NO4S/c9-6-3-8(4-7(6)10)13(11,12)5-1-2-5/h5-7,9-10H,1-4H2/t6-,7+. The average molecular weight is 207 g/mol. The van der Waals surface area contributed by atoms with Gasteiger partial charge in [-0.2, -0.15) is 4.31 Å². The maximum Gasteiger partial charge on any atom is 0.217 e. The number of aliphatic hydroxyl groups excluding tert-OH is 2. The Hall–Kier alpha value is -0.170. The van der Waals surface area contributed by atoms with Crippen molar-refractivity contribution >= 4 is 10.0 Å². The molecule has 2 N–H and O–H groups in total. The minimum Gasteiger partial charge on any atom is -0.389 e. The van der Waals surface area contributed by atoms with E-state index in [-0.39, 0.29) is 18.3 Å². The van der Waals surface area contributed by atoms with E-state index in [1.807, 2.05) is 0 Å². The SMILES string of the molecule is O=S(=O)(C1CC1)N1C[C@@H](O)[C@@H](O)C1. The fourth-order valence-electron chi connectivity index (χ4n) is 1.52. The summed E-state index contributed by atoms with van der Waals surface area (Å²) in [7, 11) is -3.22. The second-order valence-corrected chi connectivity index (χ2v) is 5.91. The van der Waals surface area contributed by atoms with Gasteiger partial charge < -0.3 is 10.2 Å². The van der Waals surface area contributed by atoms with Gasteiger partial charge in [0.1, 0.15) is 0 Å². The molecule has 1 saturated carbocycles. The molecular formula is C7H13NO4S. The van der Waals surface area contributed by atoms with E-state index in [9.17, 15) is 18.6 Å². The molecule has 13 heavy (non-hydrogen) atoms. The van der Waals surface area contributed by atoms with Gasteiger partial charge in [-0.05, 0) is 12.8 Å². The lowest BCUT2D eigenvalue weighted by molar-refractivity contribution is 0.0572. The van der Waals surface area contributed by atoms with Crippen molar-refractivity contribution in [2.45, 2.75) is 30.3 Å². The monoisotopic (exact) mass is 207 g/mol. The third kappa shape index (κ3) is 1.59. The highest BCUT2D eigenvalue weighted by Gasteiger charge is 2.44. The van der Waals surface area contributed by atoms with Crippen LogP contribution in [0.4, 0.5) is 0 Å². The topological polar surface area (TPSA) is 77.8 Å². The summed E-state index contributed by atoms with van der Waals surface area (Å²) < 4.78 is 24.4.